The number of nitro benzene ring substituents is 1. The van der Waals surface area contributed by atoms with E-state index in [-0.39, 0.29) is 11.4 Å². The summed E-state index contributed by atoms with van der Waals surface area (Å²) >= 11 is 0. The molecule has 0 unspecified atom stereocenters. The number of hydrogen-bond donors (Lipinski definition) is 1. The molecule has 0 aliphatic carbocycles. The van der Waals surface area contributed by atoms with Crippen molar-refractivity contribution in [3.05, 3.63) is 57.7 Å². The van der Waals surface area contributed by atoms with Crippen molar-refractivity contribution in [3.8, 4) is 0 Å². The molecule has 1 aromatic rings. The molecule has 0 aromatic heterocycles. The van der Waals surface area contributed by atoms with Crippen LogP contribution in [0.25, 0.3) is 5.76 Å². The van der Waals surface area contributed by atoms with Crippen molar-refractivity contribution in [3.63, 3.8) is 0 Å². The Kier molecular flexibility index (Phi) is 4.52. The number of rotatable bonds is 5. The number of carbonyl (C=O) groups is 2. The summed E-state index contributed by atoms with van der Waals surface area (Å²) in [6, 6.07) is 5.63. The van der Waals surface area contributed by atoms with E-state index in [1.165, 1.54) is 36.4 Å². The van der Waals surface area contributed by atoms with Crippen LogP contribution < -0.4 is 5.90 Å². The van der Waals surface area contributed by atoms with Crippen molar-refractivity contribution in [1.82, 2.24) is 4.90 Å². The minimum atomic E-state index is -0.992. The minimum Gasteiger partial charge on any atom is -0.411 e. The number of benzene rings is 1. The lowest BCUT2D eigenvalue weighted by Crippen LogP contribution is -2.49. The molecule has 1 aromatic carbocycles. The van der Waals surface area contributed by atoms with Crippen LogP contribution in [0, 0.1) is 10.1 Å². The number of carbonyl (C=O) groups excluding carboxylic acids is 2. The highest BCUT2D eigenvalue weighted by atomic mass is 16.6. The van der Waals surface area contributed by atoms with Gasteiger partial charge in [0.1, 0.15) is 0 Å². The Labute approximate surface area is 138 Å². The number of imide groups is 1. The molecule has 2 amide bonds. The Balaban J connectivity index is 2.47. The molecule has 0 saturated heterocycles. The highest BCUT2D eigenvalue weighted by Gasteiger charge is 2.40. The third-order valence-corrected chi connectivity index (χ3v) is 4.08. The molecule has 0 radical (unpaired) electrons. The number of non-ortho nitro benzene ring substituents is 1. The molecule has 126 valence electrons. The number of nitrogens with zero attached hydrogens (tertiary/aromatic N) is 2. The van der Waals surface area contributed by atoms with E-state index in [0.29, 0.717) is 11.1 Å². The van der Waals surface area contributed by atoms with Crippen LogP contribution in [0.3, 0.4) is 0 Å². The molecule has 8 nitrogen and oxygen atoms in total. The fourth-order valence-electron chi connectivity index (χ4n) is 2.50. The zero-order valence-electron chi connectivity index (χ0n) is 13.5. The average Bonchev–Trinajstić information content (AvgIpc) is 2.88. The molecule has 1 aliphatic rings. The molecular formula is C16H17N3O5. The maximum absolute atomic E-state index is 12.0. The van der Waals surface area contributed by atoms with E-state index < -0.39 is 22.3 Å². The Morgan fingerprint density at radius 3 is 2.08 bits per heavy atom. The molecule has 24 heavy (non-hydrogen) atoms. The second-order valence-electron chi connectivity index (χ2n) is 5.78. The Morgan fingerprint density at radius 1 is 1.17 bits per heavy atom. The molecule has 8 heteroatoms. The lowest BCUT2D eigenvalue weighted by molar-refractivity contribution is -0.384. The summed E-state index contributed by atoms with van der Waals surface area (Å²) in [7, 11) is 0. The van der Waals surface area contributed by atoms with Crippen molar-refractivity contribution < 1.29 is 19.3 Å². The van der Waals surface area contributed by atoms with E-state index in [2.05, 4.69) is 0 Å². The van der Waals surface area contributed by atoms with Crippen molar-refractivity contribution >= 4 is 23.3 Å². The number of hydrogen-bond acceptors (Lipinski definition) is 6. The monoisotopic (exact) mass is 331 g/mol. The minimum absolute atomic E-state index is 0.0684. The van der Waals surface area contributed by atoms with Gasteiger partial charge in [-0.2, -0.15) is 5.90 Å². The molecule has 2 rings (SSSR count). The van der Waals surface area contributed by atoms with Crippen LogP contribution in [-0.2, 0) is 14.4 Å². The largest absolute Gasteiger partial charge is 0.411 e. The lowest BCUT2D eigenvalue weighted by Gasteiger charge is -2.35. The summed E-state index contributed by atoms with van der Waals surface area (Å²) in [4.78, 5) is 40.2. The van der Waals surface area contributed by atoms with Gasteiger partial charge in [-0.3, -0.25) is 24.6 Å². The molecule has 1 aliphatic heterocycles. The fourth-order valence-corrected chi connectivity index (χ4v) is 2.50. The van der Waals surface area contributed by atoms with E-state index in [1.54, 1.807) is 20.8 Å². The van der Waals surface area contributed by atoms with Crippen LogP contribution in [0.15, 0.2) is 42.0 Å². The van der Waals surface area contributed by atoms with Crippen LogP contribution in [0.1, 0.15) is 26.3 Å². The zero-order chi connectivity index (χ0) is 18.1. The van der Waals surface area contributed by atoms with Gasteiger partial charge in [-0.25, -0.2) is 0 Å². The highest BCUT2D eigenvalue weighted by molar-refractivity contribution is 6.13. The molecule has 2 N–H and O–H groups in total. The van der Waals surface area contributed by atoms with Gasteiger partial charge < -0.3 is 4.84 Å². The summed E-state index contributed by atoms with van der Waals surface area (Å²) in [5.74, 6) is 4.76. The third-order valence-electron chi connectivity index (χ3n) is 4.08. The normalized spacial score (nSPS) is 15.6. The first-order valence-corrected chi connectivity index (χ1v) is 7.09. The zero-order valence-corrected chi connectivity index (χ0v) is 13.5. The van der Waals surface area contributed by atoms with E-state index in [0.717, 1.165) is 4.90 Å². The lowest BCUT2D eigenvalue weighted by atomic mass is 9.90. The smallest absolute Gasteiger partial charge is 0.269 e. The standard InChI is InChI=1S/C16H17N3O5/c1-10(16(2,3)18-13(20)8-9-14(18)21)15(24-17)11-4-6-12(7-5-11)19(22)23/h4-9H,17H2,1-3H3. The van der Waals surface area contributed by atoms with Gasteiger partial charge in [0.25, 0.3) is 17.5 Å². The van der Waals surface area contributed by atoms with E-state index >= 15 is 0 Å². The molecule has 0 saturated carbocycles. The van der Waals surface area contributed by atoms with Crippen LogP contribution >= 0.6 is 0 Å². The molecule has 1 heterocycles. The van der Waals surface area contributed by atoms with Gasteiger partial charge >= 0.3 is 0 Å². The summed E-state index contributed by atoms with van der Waals surface area (Å²) in [5, 5.41) is 10.7. The maximum Gasteiger partial charge on any atom is 0.269 e. The fraction of sp³-hybridized carbons (Fsp3) is 0.250. The summed E-state index contributed by atoms with van der Waals surface area (Å²) < 4.78 is 0. The van der Waals surface area contributed by atoms with Gasteiger partial charge in [0, 0.05) is 29.8 Å². The topological polar surface area (TPSA) is 116 Å². The predicted molar refractivity (Wildman–Crippen MR) is 86.0 cm³/mol. The Morgan fingerprint density at radius 2 is 1.67 bits per heavy atom. The van der Waals surface area contributed by atoms with Crippen molar-refractivity contribution in [2.75, 3.05) is 0 Å². The summed E-state index contributed by atoms with van der Waals surface area (Å²) in [5.41, 5.74) is -0.0279. The molecule has 0 bridgehead atoms. The van der Waals surface area contributed by atoms with Crippen LogP contribution in [0.4, 0.5) is 5.69 Å². The first-order chi connectivity index (χ1) is 11.2. The molecule has 0 atom stereocenters. The van der Waals surface area contributed by atoms with E-state index in [1.807, 2.05) is 0 Å². The second-order valence-corrected chi connectivity index (χ2v) is 5.78. The van der Waals surface area contributed by atoms with Gasteiger partial charge in [0.15, 0.2) is 5.76 Å². The van der Waals surface area contributed by atoms with Crippen molar-refractivity contribution in [2.24, 2.45) is 5.90 Å². The second kappa shape index (κ2) is 6.25. The molecule has 0 fully saturated rings. The quantitative estimate of drug-likeness (QED) is 0.381. The van der Waals surface area contributed by atoms with E-state index in [9.17, 15) is 19.7 Å². The number of nitro groups is 1. The SMILES string of the molecule is CC(=C(ON)c1ccc([N+](=O)[O-])cc1)C(C)(C)N1C(=O)C=CC1=O. The maximum atomic E-state index is 12.0. The number of amides is 2. The van der Waals surface area contributed by atoms with Crippen molar-refractivity contribution in [1.29, 1.82) is 0 Å². The van der Waals surface area contributed by atoms with Crippen LogP contribution in [0.5, 0.6) is 0 Å². The first kappa shape index (κ1) is 17.4. The first-order valence-electron chi connectivity index (χ1n) is 7.09. The Bertz CT molecular complexity index is 744. The van der Waals surface area contributed by atoms with Crippen LogP contribution in [0.2, 0.25) is 0 Å². The predicted octanol–water partition coefficient (Wildman–Crippen LogP) is 1.92. The number of nitrogens with two attached hydrogens (primary N) is 1. The van der Waals surface area contributed by atoms with E-state index in [4.69, 9.17) is 10.7 Å². The third kappa shape index (κ3) is 2.91. The molecule has 0 spiro atoms. The summed E-state index contributed by atoms with van der Waals surface area (Å²) in [6.07, 6.45) is 2.40. The Hall–Kier alpha value is -3.00. The van der Waals surface area contributed by atoms with Crippen molar-refractivity contribution in [2.45, 2.75) is 26.3 Å². The van der Waals surface area contributed by atoms with Gasteiger partial charge in [-0.15, -0.1) is 0 Å². The van der Waals surface area contributed by atoms with Gasteiger partial charge in [-0.05, 0) is 38.5 Å². The van der Waals surface area contributed by atoms with Gasteiger partial charge in [0.2, 0.25) is 0 Å². The average molecular weight is 331 g/mol. The summed E-state index contributed by atoms with van der Waals surface area (Å²) in [6.45, 7) is 5.06. The van der Waals surface area contributed by atoms with Gasteiger partial charge in [-0.1, -0.05) is 0 Å². The highest BCUT2D eigenvalue weighted by Crippen LogP contribution is 2.33. The van der Waals surface area contributed by atoms with Gasteiger partial charge in [0.05, 0.1) is 10.5 Å². The van der Waals surface area contributed by atoms with Crippen LogP contribution in [-0.4, -0.2) is 27.2 Å². The molecular weight excluding hydrogens is 314 g/mol.